The van der Waals surface area contributed by atoms with Gasteiger partial charge in [-0.05, 0) is 26.2 Å². The molecule has 0 aromatic carbocycles. The van der Waals surface area contributed by atoms with Crippen molar-refractivity contribution in [2.45, 2.75) is 37.8 Å². The van der Waals surface area contributed by atoms with E-state index in [4.69, 9.17) is 0 Å². The number of aromatic nitrogens is 4. The molecule has 1 unspecified atom stereocenters. The van der Waals surface area contributed by atoms with Gasteiger partial charge in [0.2, 0.25) is 0 Å². The zero-order valence-electron chi connectivity index (χ0n) is 16.9. The largest absolute Gasteiger partial charge is 0.390 e. The van der Waals surface area contributed by atoms with Crippen LogP contribution in [0, 0.1) is 0 Å². The third-order valence-corrected chi connectivity index (χ3v) is 6.85. The summed E-state index contributed by atoms with van der Waals surface area (Å²) in [6.07, 6.45) is 9.59. The van der Waals surface area contributed by atoms with E-state index in [0.717, 1.165) is 42.7 Å². The van der Waals surface area contributed by atoms with Crippen LogP contribution in [0.3, 0.4) is 0 Å². The van der Waals surface area contributed by atoms with Crippen molar-refractivity contribution in [2.75, 3.05) is 36.0 Å². The standard InChI is InChI=1S/C20H25N7O2S/c1-20(29)3-8-26(9-4-20)19-24-15(13-30-19)18(28)23-14-2-7-27(12-14)17-16-21-5-10-25(16)11-6-22-17/h5-6,10-11,13-14,29H,2-4,7-9,12H2,1H3,(H,23,28). The van der Waals surface area contributed by atoms with Crippen LogP contribution in [-0.2, 0) is 0 Å². The van der Waals surface area contributed by atoms with E-state index in [1.165, 1.54) is 11.3 Å². The fourth-order valence-electron chi connectivity index (χ4n) is 4.09. The Labute approximate surface area is 178 Å². The van der Waals surface area contributed by atoms with Crippen LogP contribution in [0.1, 0.15) is 36.7 Å². The number of nitrogens with zero attached hydrogens (tertiary/aromatic N) is 6. The molecule has 5 rings (SSSR count). The highest BCUT2D eigenvalue weighted by Gasteiger charge is 2.30. The van der Waals surface area contributed by atoms with Gasteiger partial charge in [0, 0.05) is 62.4 Å². The lowest BCUT2D eigenvalue weighted by molar-refractivity contribution is 0.0351. The predicted octanol–water partition coefficient (Wildman–Crippen LogP) is 1.55. The van der Waals surface area contributed by atoms with Gasteiger partial charge in [-0.3, -0.25) is 4.79 Å². The first kappa shape index (κ1) is 19.3. The van der Waals surface area contributed by atoms with Crippen LogP contribution in [0.2, 0.25) is 0 Å². The molecule has 0 aliphatic carbocycles. The molecular weight excluding hydrogens is 402 g/mol. The van der Waals surface area contributed by atoms with Crippen LogP contribution in [0.25, 0.3) is 5.65 Å². The maximum atomic E-state index is 12.7. The van der Waals surface area contributed by atoms with Crippen molar-refractivity contribution in [3.05, 3.63) is 35.9 Å². The molecule has 0 saturated carbocycles. The summed E-state index contributed by atoms with van der Waals surface area (Å²) in [5, 5.41) is 15.9. The fourth-order valence-corrected chi connectivity index (χ4v) is 4.95. The van der Waals surface area contributed by atoms with E-state index in [1.807, 2.05) is 29.1 Å². The molecule has 2 saturated heterocycles. The second kappa shape index (κ2) is 7.51. The van der Waals surface area contributed by atoms with Crippen molar-refractivity contribution in [3.63, 3.8) is 0 Å². The first-order valence-electron chi connectivity index (χ1n) is 10.2. The van der Waals surface area contributed by atoms with Gasteiger partial charge in [-0.15, -0.1) is 11.3 Å². The average Bonchev–Trinajstić information content (AvgIpc) is 3.48. The third kappa shape index (κ3) is 3.72. The molecule has 3 aromatic rings. The lowest BCUT2D eigenvalue weighted by atomic mass is 9.94. The van der Waals surface area contributed by atoms with E-state index in [2.05, 4.69) is 30.1 Å². The number of thiazole rings is 1. The molecule has 30 heavy (non-hydrogen) atoms. The Kier molecular flexibility index (Phi) is 4.82. The molecule has 3 aromatic heterocycles. The number of rotatable bonds is 4. The SMILES string of the molecule is CC1(O)CCN(c2nc(C(=O)NC3CCN(c4nccn5ccnc45)C3)cs2)CC1. The quantitative estimate of drug-likeness (QED) is 0.652. The van der Waals surface area contributed by atoms with E-state index in [9.17, 15) is 9.90 Å². The highest BCUT2D eigenvalue weighted by Crippen LogP contribution is 2.28. The minimum absolute atomic E-state index is 0.0461. The number of piperidine rings is 1. The van der Waals surface area contributed by atoms with E-state index >= 15 is 0 Å². The molecular formula is C20H25N7O2S. The number of fused-ring (bicyclic) bond motifs is 1. The van der Waals surface area contributed by atoms with Crippen molar-refractivity contribution in [2.24, 2.45) is 0 Å². The first-order chi connectivity index (χ1) is 14.5. The number of imidazole rings is 1. The van der Waals surface area contributed by atoms with E-state index in [1.54, 1.807) is 12.4 Å². The van der Waals surface area contributed by atoms with Crippen molar-refractivity contribution in [1.82, 2.24) is 24.7 Å². The zero-order valence-corrected chi connectivity index (χ0v) is 17.7. The van der Waals surface area contributed by atoms with Crippen LogP contribution in [0.4, 0.5) is 10.9 Å². The van der Waals surface area contributed by atoms with Crippen molar-refractivity contribution >= 4 is 33.8 Å². The number of hydrogen-bond donors (Lipinski definition) is 2. The van der Waals surface area contributed by atoms with Gasteiger partial charge in [0.1, 0.15) is 5.69 Å². The second-order valence-electron chi connectivity index (χ2n) is 8.31. The van der Waals surface area contributed by atoms with Crippen LogP contribution < -0.4 is 15.1 Å². The topological polar surface area (TPSA) is 98.9 Å². The molecule has 2 fully saturated rings. The summed E-state index contributed by atoms with van der Waals surface area (Å²) in [7, 11) is 0. The Morgan fingerprint density at radius 3 is 2.77 bits per heavy atom. The predicted molar refractivity (Wildman–Crippen MR) is 115 cm³/mol. The smallest absolute Gasteiger partial charge is 0.271 e. The fraction of sp³-hybridized carbons (Fsp3) is 0.500. The summed E-state index contributed by atoms with van der Waals surface area (Å²) in [5.41, 5.74) is 0.686. The number of nitrogens with one attached hydrogen (secondary N) is 1. The Morgan fingerprint density at radius 1 is 1.20 bits per heavy atom. The second-order valence-corrected chi connectivity index (χ2v) is 9.15. The molecule has 158 valence electrons. The van der Waals surface area contributed by atoms with Gasteiger partial charge in [-0.25, -0.2) is 15.0 Å². The highest BCUT2D eigenvalue weighted by molar-refractivity contribution is 7.13. The van der Waals surface area contributed by atoms with Crippen LogP contribution in [-0.4, -0.2) is 68.2 Å². The molecule has 2 N–H and O–H groups in total. The maximum Gasteiger partial charge on any atom is 0.271 e. The van der Waals surface area contributed by atoms with Crippen molar-refractivity contribution in [3.8, 4) is 0 Å². The van der Waals surface area contributed by atoms with Gasteiger partial charge in [-0.1, -0.05) is 0 Å². The molecule has 9 nitrogen and oxygen atoms in total. The molecule has 2 aliphatic heterocycles. The van der Waals surface area contributed by atoms with Gasteiger partial charge in [0.15, 0.2) is 16.6 Å². The maximum absolute atomic E-state index is 12.7. The summed E-state index contributed by atoms with van der Waals surface area (Å²) >= 11 is 1.48. The van der Waals surface area contributed by atoms with E-state index < -0.39 is 5.60 Å². The number of carbonyl (C=O) groups is 1. The summed E-state index contributed by atoms with van der Waals surface area (Å²) in [6.45, 7) is 4.90. The Balaban J connectivity index is 1.21. The van der Waals surface area contributed by atoms with Crippen molar-refractivity contribution < 1.29 is 9.90 Å². The zero-order chi connectivity index (χ0) is 20.7. The molecule has 1 atom stereocenters. The normalized spacial score (nSPS) is 21.3. The van der Waals surface area contributed by atoms with Gasteiger partial charge in [0.05, 0.1) is 5.60 Å². The summed E-state index contributed by atoms with van der Waals surface area (Å²) in [6, 6.07) is 0.0461. The average molecular weight is 428 g/mol. The minimum Gasteiger partial charge on any atom is -0.390 e. The van der Waals surface area contributed by atoms with E-state index in [0.29, 0.717) is 25.1 Å². The van der Waals surface area contributed by atoms with Gasteiger partial charge < -0.3 is 24.6 Å². The molecule has 0 spiro atoms. The highest BCUT2D eigenvalue weighted by atomic mass is 32.1. The lowest BCUT2D eigenvalue weighted by Gasteiger charge is -2.35. The number of carbonyl (C=O) groups excluding carboxylic acids is 1. The van der Waals surface area contributed by atoms with Gasteiger partial charge in [-0.2, -0.15) is 0 Å². The van der Waals surface area contributed by atoms with Crippen LogP contribution in [0.5, 0.6) is 0 Å². The Hall–Kier alpha value is -2.72. The van der Waals surface area contributed by atoms with Crippen molar-refractivity contribution in [1.29, 1.82) is 0 Å². The molecule has 0 bridgehead atoms. The molecule has 1 amide bonds. The third-order valence-electron chi connectivity index (χ3n) is 5.95. The van der Waals surface area contributed by atoms with Gasteiger partial charge in [0.25, 0.3) is 5.91 Å². The summed E-state index contributed by atoms with van der Waals surface area (Å²) in [4.78, 5) is 30.5. The molecule has 10 heteroatoms. The minimum atomic E-state index is -0.599. The summed E-state index contributed by atoms with van der Waals surface area (Å²) < 4.78 is 1.95. The van der Waals surface area contributed by atoms with Gasteiger partial charge >= 0.3 is 0 Å². The van der Waals surface area contributed by atoms with Crippen LogP contribution in [0.15, 0.2) is 30.2 Å². The number of amides is 1. The Morgan fingerprint density at radius 2 is 1.97 bits per heavy atom. The number of hydrogen-bond acceptors (Lipinski definition) is 8. The molecule has 0 radical (unpaired) electrons. The monoisotopic (exact) mass is 427 g/mol. The first-order valence-corrected chi connectivity index (χ1v) is 11.1. The van der Waals surface area contributed by atoms with Crippen LogP contribution >= 0.6 is 11.3 Å². The molecule has 2 aliphatic rings. The van der Waals surface area contributed by atoms with E-state index in [-0.39, 0.29) is 11.9 Å². The molecule has 5 heterocycles. The number of anilines is 2. The number of aliphatic hydroxyl groups is 1. The Bertz CT molecular complexity index is 1050. The summed E-state index contributed by atoms with van der Waals surface area (Å²) in [5.74, 6) is 0.705. The lowest BCUT2D eigenvalue weighted by Crippen LogP contribution is -2.42.